The van der Waals surface area contributed by atoms with Crippen molar-refractivity contribution in [3.63, 3.8) is 0 Å². The third-order valence-electron chi connectivity index (χ3n) is 2.10. The van der Waals surface area contributed by atoms with Crippen LogP contribution in [0.1, 0.15) is 37.8 Å². The van der Waals surface area contributed by atoms with Gasteiger partial charge in [-0.3, -0.25) is 4.55 Å². The molecule has 17 heavy (non-hydrogen) atoms. The number of hydrogen-bond acceptors (Lipinski definition) is 2. The quantitative estimate of drug-likeness (QED) is 0.844. The summed E-state index contributed by atoms with van der Waals surface area (Å²) in [7, 11) is -3.67. The highest BCUT2D eigenvalue weighted by Gasteiger charge is 1.92. The summed E-state index contributed by atoms with van der Waals surface area (Å²) < 4.78 is 25.9. The molecule has 1 rings (SSSR count). The Bertz CT molecular complexity index is 360. The highest BCUT2D eigenvalue weighted by Crippen LogP contribution is 2.07. The lowest BCUT2D eigenvalue weighted by atomic mass is 10.1. The summed E-state index contributed by atoms with van der Waals surface area (Å²) in [5.41, 5.74) is 2.94. The average molecular weight is 258 g/mol. The lowest BCUT2D eigenvalue weighted by molar-refractivity contribution is 0.490. The highest BCUT2D eigenvalue weighted by molar-refractivity contribution is 7.85. The second kappa shape index (κ2) is 8.25. The molecule has 4 heteroatoms. The second-order valence-corrected chi connectivity index (χ2v) is 5.52. The predicted molar refractivity (Wildman–Crippen MR) is 71.9 cm³/mol. The van der Waals surface area contributed by atoms with Crippen LogP contribution in [-0.2, 0) is 23.0 Å². The zero-order valence-electron chi connectivity index (χ0n) is 10.8. The number of rotatable bonds is 4. The van der Waals surface area contributed by atoms with Crippen molar-refractivity contribution in [2.45, 2.75) is 39.5 Å². The zero-order valence-corrected chi connectivity index (χ0v) is 11.6. The van der Waals surface area contributed by atoms with Gasteiger partial charge in [0.2, 0.25) is 0 Å². The van der Waals surface area contributed by atoms with Crippen LogP contribution in [0, 0.1) is 0 Å². The van der Waals surface area contributed by atoms with E-state index in [0.29, 0.717) is 6.26 Å². The van der Waals surface area contributed by atoms with Crippen LogP contribution in [0.5, 0.6) is 0 Å². The molecule has 0 saturated heterocycles. The number of hydrogen-bond donors (Lipinski definition) is 1. The minimum atomic E-state index is -3.67. The van der Waals surface area contributed by atoms with E-state index in [4.69, 9.17) is 4.55 Å². The van der Waals surface area contributed by atoms with Gasteiger partial charge in [-0.2, -0.15) is 8.42 Å². The SMILES string of the molecule is CCCc1ccc(CCC)cc1.CS(=O)(=O)O. The first-order chi connectivity index (χ1) is 7.86. The molecule has 0 amide bonds. The molecule has 1 aromatic carbocycles. The molecule has 0 bridgehead atoms. The first-order valence-electron chi connectivity index (χ1n) is 5.87. The second-order valence-electron chi connectivity index (χ2n) is 4.05. The van der Waals surface area contributed by atoms with Crippen molar-refractivity contribution in [2.24, 2.45) is 0 Å². The molecule has 0 saturated carbocycles. The lowest BCUT2D eigenvalue weighted by Crippen LogP contribution is -1.88. The third-order valence-corrected chi connectivity index (χ3v) is 2.10. The van der Waals surface area contributed by atoms with Gasteiger partial charge in [0.15, 0.2) is 0 Å². The van der Waals surface area contributed by atoms with Crippen LogP contribution in [0.15, 0.2) is 24.3 Å². The Kier molecular flexibility index (Phi) is 7.83. The Labute approximate surface area is 105 Å². The minimum absolute atomic E-state index is 0.715. The zero-order chi connectivity index (χ0) is 13.3. The van der Waals surface area contributed by atoms with E-state index in [-0.39, 0.29) is 0 Å². The van der Waals surface area contributed by atoms with Crippen LogP contribution in [0.2, 0.25) is 0 Å². The van der Waals surface area contributed by atoms with Gasteiger partial charge < -0.3 is 0 Å². The Morgan fingerprint density at radius 1 is 0.941 bits per heavy atom. The molecule has 0 aromatic heterocycles. The van der Waals surface area contributed by atoms with Gasteiger partial charge in [0.1, 0.15) is 0 Å². The fourth-order valence-corrected chi connectivity index (χ4v) is 1.45. The normalized spacial score (nSPS) is 10.6. The van der Waals surface area contributed by atoms with Crippen LogP contribution in [0.3, 0.4) is 0 Å². The Morgan fingerprint density at radius 2 is 1.18 bits per heavy atom. The van der Waals surface area contributed by atoms with Crippen LogP contribution in [0.4, 0.5) is 0 Å². The van der Waals surface area contributed by atoms with Crippen LogP contribution >= 0.6 is 0 Å². The van der Waals surface area contributed by atoms with E-state index >= 15 is 0 Å². The summed E-state index contributed by atoms with van der Waals surface area (Å²) >= 11 is 0. The maximum Gasteiger partial charge on any atom is 0.261 e. The van der Waals surface area contributed by atoms with Gasteiger partial charge in [-0.1, -0.05) is 51.0 Å². The molecule has 0 fully saturated rings. The van der Waals surface area contributed by atoms with Gasteiger partial charge >= 0.3 is 0 Å². The summed E-state index contributed by atoms with van der Waals surface area (Å²) in [6.45, 7) is 4.44. The van der Waals surface area contributed by atoms with E-state index in [1.54, 1.807) is 0 Å². The highest BCUT2D eigenvalue weighted by atomic mass is 32.2. The smallest absolute Gasteiger partial charge is 0.261 e. The molecule has 0 unspecified atom stereocenters. The Hall–Kier alpha value is -0.870. The molecule has 1 N–H and O–H groups in total. The maximum absolute atomic E-state index is 9.19. The van der Waals surface area contributed by atoms with Gasteiger partial charge in [-0.05, 0) is 24.0 Å². The third kappa shape index (κ3) is 11.4. The first kappa shape index (κ1) is 16.1. The van der Waals surface area contributed by atoms with E-state index in [9.17, 15) is 8.42 Å². The van der Waals surface area contributed by atoms with Crippen LogP contribution in [-0.4, -0.2) is 19.2 Å². The van der Waals surface area contributed by atoms with Gasteiger partial charge in [0.25, 0.3) is 10.1 Å². The van der Waals surface area contributed by atoms with Gasteiger partial charge in [-0.15, -0.1) is 0 Å². The van der Waals surface area contributed by atoms with Gasteiger partial charge in [-0.25, -0.2) is 0 Å². The van der Waals surface area contributed by atoms with Gasteiger partial charge in [0.05, 0.1) is 6.26 Å². The molecule has 3 nitrogen and oxygen atoms in total. The van der Waals surface area contributed by atoms with Gasteiger partial charge in [0, 0.05) is 0 Å². The minimum Gasteiger partial charge on any atom is -0.286 e. The van der Waals surface area contributed by atoms with Crippen molar-refractivity contribution in [1.29, 1.82) is 0 Å². The fourth-order valence-electron chi connectivity index (χ4n) is 1.45. The van der Waals surface area contributed by atoms with Crippen molar-refractivity contribution in [2.75, 3.05) is 6.26 Å². The standard InChI is InChI=1S/C12H18.CH4O3S/c1-3-5-11-7-9-12(6-4-2)10-8-11;1-5(2,3)4/h7-10H,3-6H2,1-2H3;1H3,(H,2,3,4). The summed E-state index contributed by atoms with van der Waals surface area (Å²) in [6, 6.07) is 9.03. The van der Waals surface area contributed by atoms with Crippen LogP contribution in [0.25, 0.3) is 0 Å². The van der Waals surface area contributed by atoms with E-state index in [0.717, 1.165) is 0 Å². The molecule has 0 radical (unpaired) electrons. The van der Waals surface area contributed by atoms with E-state index in [1.807, 2.05) is 0 Å². The largest absolute Gasteiger partial charge is 0.286 e. The van der Waals surface area contributed by atoms with E-state index in [2.05, 4.69) is 38.1 Å². The topological polar surface area (TPSA) is 54.4 Å². The molecule has 0 heterocycles. The molecule has 0 aliphatic heterocycles. The van der Waals surface area contributed by atoms with Crippen LogP contribution < -0.4 is 0 Å². The van der Waals surface area contributed by atoms with Crippen molar-refractivity contribution in [1.82, 2.24) is 0 Å². The van der Waals surface area contributed by atoms with Crippen molar-refractivity contribution in [3.05, 3.63) is 35.4 Å². The Morgan fingerprint density at radius 3 is 1.35 bits per heavy atom. The summed E-state index contributed by atoms with van der Waals surface area (Å²) in [5.74, 6) is 0. The molecular weight excluding hydrogens is 236 g/mol. The van der Waals surface area contributed by atoms with E-state index < -0.39 is 10.1 Å². The molecule has 0 spiro atoms. The fraction of sp³-hybridized carbons (Fsp3) is 0.538. The average Bonchev–Trinajstić information content (AvgIpc) is 2.19. The molecule has 0 atom stereocenters. The molecule has 0 aliphatic rings. The summed E-state index contributed by atoms with van der Waals surface area (Å²) in [6.07, 6.45) is 5.63. The maximum atomic E-state index is 9.19. The molecule has 98 valence electrons. The van der Waals surface area contributed by atoms with Crippen molar-refractivity contribution < 1.29 is 13.0 Å². The summed E-state index contributed by atoms with van der Waals surface area (Å²) in [5, 5.41) is 0. The monoisotopic (exact) mass is 258 g/mol. The predicted octanol–water partition coefficient (Wildman–Crippen LogP) is 3.10. The first-order valence-corrected chi connectivity index (χ1v) is 7.72. The molecule has 1 aromatic rings. The van der Waals surface area contributed by atoms with Crippen molar-refractivity contribution >= 4 is 10.1 Å². The summed E-state index contributed by atoms with van der Waals surface area (Å²) in [4.78, 5) is 0. The number of benzene rings is 1. The van der Waals surface area contributed by atoms with Crippen molar-refractivity contribution in [3.8, 4) is 0 Å². The van der Waals surface area contributed by atoms with E-state index in [1.165, 1.54) is 36.8 Å². The molecule has 0 aliphatic carbocycles. The number of aryl methyl sites for hydroxylation is 2. The Balaban J connectivity index is 0.000000437. The molecular formula is C13H22O3S. The lowest BCUT2D eigenvalue weighted by Gasteiger charge is -2.01.